The molecule has 1 aromatic carbocycles. The van der Waals surface area contributed by atoms with Gasteiger partial charge >= 0.3 is 0 Å². The number of benzene rings is 1. The van der Waals surface area contributed by atoms with Crippen molar-refractivity contribution in [1.29, 1.82) is 0 Å². The van der Waals surface area contributed by atoms with Gasteiger partial charge in [-0.1, -0.05) is 21.1 Å². The predicted molar refractivity (Wildman–Crippen MR) is 49.3 cm³/mol. The van der Waals surface area contributed by atoms with E-state index in [2.05, 4.69) is 21.1 Å². The lowest BCUT2D eigenvalue weighted by atomic mass is 10.3. The number of carbonyl (C=O) groups is 1. The largest absolute Gasteiger partial charge is 0.357 e. The first-order valence-electron chi connectivity index (χ1n) is 3.22. The monoisotopic (exact) mass is 227 g/mol. The minimum absolute atomic E-state index is 0.554. The van der Waals surface area contributed by atoms with Gasteiger partial charge in [-0.2, -0.15) is 0 Å². The van der Waals surface area contributed by atoms with Gasteiger partial charge in [0.2, 0.25) is 0 Å². The van der Waals surface area contributed by atoms with Crippen LogP contribution in [0.1, 0.15) is 0 Å². The van der Waals surface area contributed by atoms with Crippen LogP contribution in [-0.2, 0) is 4.79 Å². The lowest BCUT2D eigenvalue weighted by Gasteiger charge is -1.95. The van der Waals surface area contributed by atoms with Gasteiger partial charge in [-0.25, -0.2) is 0 Å². The highest BCUT2D eigenvalue weighted by atomic mass is 79.9. The van der Waals surface area contributed by atoms with Crippen molar-refractivity contribution in [3.8, 4) is 5.75 Å². The molecule has 0 amide bonds. The van der Waals surface area contributed by atoms with Crippen molar-refractivity contribution in [3.63, 3.8) is 0 Å². The second kappa shape index (κ2) is 4.66. The number of hydrogen-bond acceptors (Lipinski definition) is 3. The molecule has 0 aliphatic heterocycles. The van der Waals surface area contributed by atoms with Crippen LogP contribution in [0, 0.1) is 0 Å². The Bertz CT molecular complexity index is 282. The highest BCUT2D eigenvalue weighted by molar-refractivity contribution is 9.10. The van der Waals surface area contributed by atoms with Crippen LogP contribution >= 0.6 is 15.9 Å². The minimum atomic E-state index is 0.554. The van der Waals surface area contributed by atoms with Gasteiger partial charge in [-0.15, -0.1) is 0 Å². The van der Waals surface area contributed by atoms with Crippen LogP contribution in [0.15, 0.2) is 33.9 Å². The molecule has 0 spiro atoms. The summed E-state index contributed by atoms with van der Waals surface area (Å²) in [6.45, 7) is 0. The number of halogens is 1. The Labute approximate surface area is 78.2 Å². The van der Waals surface area contributed by atoms with Gasteiger partial charge in [0.15, 0.2) is 12.0 Å². The van der Waals surface area contributed by atoms with Gasteiger partial charge in [-0.3, -0.25) is 4.79 Å². The molecule has 0 aliphatic carbocycles. The van der Waals surface area contributed by atoms with Crippen molar-refractivity contribution < 1.29 is 9.63 Å². The first kappa shape index (κ1) is 8.93. The highest BCUT2D eigenvalue weighted by Crippen LogP contribution is 2.15. The smallest absolute Gasteiger partial charge is 0.164 e. The van der Waals surface area contributed by atoms with Crippen LogP contribution in [0.2, 0.25) is 0 Å². The summed E-state index contributed by atoms with van der Waals surface area (Å²) >= 11 is 3.28. The number of carbonyl (C=O) groups excluding carboxylic acids is 1. The molecule has 0 radical (unpaired) electrons. The van der Waals surface area contributed by atoms with E-state index in [0.717, 1.165) is 10.7 Å². The number of oxime groups is 1. The average molecular weight is 228 g/mol. The summed E-state index contributed by atoms with van der Waals surface area (Å²) in [6.07, 6.45) is 1.60. The van der Waals surface area contributed by atoms with Crippen LogP contribution in [-0.4, -0.2) is 12.5 Å². The summed E-state index contributed by atoms with van der Waals surface area (Å²) in [5.74, 6) is 0.594. The molecule has 0 unspecified atom stereocenters. The Kier molecular flexibility index (Phi) is 3.47. The lowest BCUT2D eigenvalue weighted by molar-refractivity contribution is -0.102. The predicted octanol–water partition coefficient (Wildman–Crippen LogP) is 2.01. The third-order valence-electron chi connectivity index (χ3n) is 1.09. The molecule has 3 nitrogen and oxygen atoms in total. The fourth-order valence-electron chi connectivity index (χ4n) is 0.612. The van der Waals surface area contributed by atoms with Crippen LogP contribution in [0.25, 0.3) is 0 Å². The number of hydrogen-bond donors (Lipinski definition) is 0. The van der Waals surface area contributed by atoms with Crippen molar-refractivity contribution >= 4 is 28.4 Å². The van der Waals surface area contributed by atoms with Gasteiger partial charge < -0.3 is 4.84 Å². The van der Waals surface area contributed by atoms with Crippen molar-refractivity contribution in [3.05, 3.63) is 28.7 Å². The number of rotatable bonds is 3. The Balaban J connectivity index is 2.58. The van der Waals surface area contributed by atoms with Gasteiger partial charge in [0, 0.05) is 4.47 Å². The molecule has 0 fully saturated rings. The normalized spacial score (nSPS) is 10.1. The van der Waals surface area contributed by atoms with Crippen LogP contribution < -0.4 is 4.84 Å². The summed E-state index contributed by atoms with van der Waals surface area (Å²) in [5, 5.41) is 3.38. The van der Waals surface area contributed by atoms with Crippen molar-refractivity contribution in [2.75, 3.05) is 0 Å². The van der Waals surface area contributed by atoms with Gasteiger partial charge in [0.1, 0.15) is 6.21 Å². The maximum absolute atomic E-state index is 9.81. The Morgan fingerprint density at radius 2 is 2.00 bits per heavy atom. The zero-order valence-electron chi connectivity index (χ0n) is 6.11. The summed E-state index contributed by atoms with van der Waals surface area (Å²) in [7, 11) is 0. The summed E-state index contributed by atoms with van der Waals surface area (Å²) in [4.78, 5) is 14.6. The van der Waals surface area contributed by atoms with Gasteiger partial charge in [0.05, 0.1) is 0 Å². The zero-order valence-corrected chi connectivity index (χ0v) is 7.69. The first-order valence-corrected chi connectivity index (χ1v) is 4.02. The molecule has 1 rings (SSSR count). The Hall–Kier alpha value is -1.16. The molecule has 4 heteroatoms. The van der Waals surface area contributed by atoms with E-state index in [1.807, 2.05) is 12.1 Å². The molecule has 1 aromatic rings. The second-order valence-corrected chi connectivity index (χ2v) is 2.85. The number of aldehydes is 1. The summed E-state index contributed by atoms with van der Waals surface area (Å²) < 4.78 is 0.967. The highest BCUT2D eigenvalue weighted by Gasteiger charge is 1.90. The van der Waals surface area contributed by atoms with Crippen LogP contribution in [0.3, 0.4) is 0 Å². The third kappa shape index (κ3) is 2.84. The van der Waals surface area contributed by atoms with Crippen molar-refractivity contribution in [1.82, 2.24) is 0 Å². The topological polar surface area (TPSA) is 38.7 Å². The van der Waals surface area contributed by atoms with Crippen LogP contribution in [0.5, 0.6) is 5.75 Å². The first-order chi connectivity index (χ1) is 5.83. The molecule has 12 heavy (non-hydrogen) atoms. The Morgan fingerprint density at radius 1 is 1.33 bits per heavy atom. The minimum Gasteiger partial charge on any atom is -0.357 e. The second-order valence-electron chi connectivity index (χ2n) is 1.94. The quantitative estimate of drug-likeness (QED) is 0.451. The number of nitrogens with zero attached hydrogens (tertiary/aromatic N) is 1. The van der Waals surface area contributed by atoms with E-state index in [9.17, 15) is 4.79 Å². The summed E-state index contributed by atoms with van der Waals surface area (Å²) in [5.41, 5.74) is 0. The van der Waals surface area contributed by atoms with E-state index >= 15 is 0 Å². The van der Waals surface area contributed by atoms with Crippen LogP contribution in [0.4, 0.5) is 0 Å². The molecular formula is C8H6BrNO2. The zero-order chi connectivity index (χ0) is 8.81. The summed E-state index contributed by atoms with van der Waals surface area (Å²) in [6, 6.07) is 7.13. The van der Waals surface area contributed by atoms with Gasteiger partial charge in [0.25, 0.3) is 0 Å². The average Bonchev–Trinajstić information content (AvgIpc) is 2.09. The molecule has 0 atom stereocenters. The third-order valence-corrected chi connectivity index (χ3v) is 1.62. The molecule has 0 saturated heterocycles. The molecular weight excluding hydrogens is 222 g/mol. The fourth-order valence-corrected chi connectivity index (χ4v) is 0.876. The Morgan fingerprint density at radius 3 is 2.58 bits per heavy atom. The molecule has 62 valence electrons. The molecule has 0 aromatic heterocycles. The molecule has 0 aliphatic rings. The van der Waals surface area contributed by atoms with E-state index in [4.69, 9.17) is 4.84 Å². The molecule has 0 saturated carbocycles. The van der Waals surface area contributed by atoms with E-state index in [-0.39, 0.29) is 0 Å². The van der Waals surface area contributed by atoms with Crippen molar-refractivity contribution in [2.24, 2.45) is 5.16 Å². The van der Waals surface area contributed by atoms with E-state index in [0.29, 0.717) is 12.0 Å². The van der Waals surface area contributed by atoms with E-state index < -0.39 is 0 Å². The standard InChI is InChI=1S/C8H6BrNO2/c9-7-1-3-8(4-2-7)12-10-5-6-11/h1-6H. The van der Waals surface area contributed by atoms with E-state index in [1.54, 1.807) is 12.1 Å². The molecule has 0 bridgehead atoms. The van der Waals surface area contributed by atoms with Gasteiger partial charge in [-0.05, 0) is 24.3 Å². The fraction of sp³-hybridized carbons (Fsp3) is 0. The van der Waals surface area contributed by atoms with Crippen molar-refractivity contribution in [2.45, 2.75) is 0 Å². The van der Waals surface area contributed by atoms with E-state index in [1.165, 1.54) is 0 Å². The maximum atomic E-state index is 9.81. The lowest BCUT2D eigenvalue weighted by Crippen LogP contribution is -1.84. The SMILES string of the molecule is O=CC=NOc1ccc(Br)cc1. The molecule has 0 heterocycles. The maximum Gasteiger partial charge on any atom is 0.164 e. The molecule has 0 N–H and O–H groups in total.